The number of hydrogen-bond acceptors (Lipinski definition) is 3. The van der Waals surface area contributed by atoms with Crippen LogP contribution in [0, 0.1) is 0 Å². The Morgan fingerprint density at radius 1 is 1.47 bits per heavy atom. The van der Waals surface area contributed by atoms with Gasteiger partial charge in [0.25, 0.3) is 0 Å². The van der Waals surface area contributed by atoms with Crippen molar-refractivity contribution in [3.63, 3.8) is 0 Å². The lowest BCUT2D eigenvalue weighted by Gasteiger charge is -2.21. The molecule has 1 aromatic carbocycles. The predicted molar refractivity (Wildman–Crippen MR) is 72.4 cm³/mol. The molecule has 0 saturated carbocycles. The number of nitrogens with zero attached hydrogens (tertiary/aromatic N) is 1. The molecule has 1 amide bonds. The van der Waals surface area contributed by atoms with Gasteiger partial charge in [0.15, 0.2) is 0 Å². The van der Waals surface area contributed by atoms with E-state index in [1.165, 1.54) is 12.0 Å². The summed E-state index contributed by atoms with van der Waals surface area (Å²) >= 11 is 1.79. The first-order chi connectivity index (χ1) is 8.25. The predicted octanol–water partition coefficient (Wildman–Crippen LogP) is 2.05. The van der Waals surface area contributed by atoms with Crippen molar-refractivity contribution < 1.29 is 4.79 Å². The molecule has 17 heavy (non-hydrogen) atoms. The highest BCUT2D eigenvalue weighted by molar-refractivity contribution is 8.00. The molecule has 2 N–H and O–H groups in total. The lowest BCUT2D eigenvalue weighted by atomic mass is 10.1. The van der Waals surface area contributed by atoms with Crippen LogP contribution in [0.15, 0.2) is 18.2 Å². The van der Waals surface area contributed by atoms with Crippen LogP contribution < -0.4 is 10.6 Å². The van der Waals surface area contributed by atoms with Crippen LogP contribution in [0.25, 0.3) is 0 Å². The number of fused-ring (bicyclic) bond motifs is 1. The summed E-state index contributed by atoms with van der Waals surface area (Å²) in [6, 6.07) is 5.89. The second kappa shape index (κ2) is 4.26. The van der Waals surface area contributed by atoms with E-state index in [-0.39, 0.29) is 11.2 Å². The molecule has 1 unspecified atom stereocenters. The maximum absolute atomic E-state index is 12.4. The fraction of sp³-hybridized carbons (Fsp3) is 0.462. The average Bonchev–Trinajstić information content (AvgIpc) is 2.97. The van der Waals surface area contributed by atoms with Crippen molar-refractivity contribution in [1.82, 2.24) is 0 Å². The van der Waals surface area contributed by atoms with E-state index in [4.69, 9.17) is 5.73 Å². The van der Waals surface area contributed by atoms with E-state index < -0.39 is 0 Å². The van der Waals surface area contributed by atoms with Gasteiger partial charge in [-0.25, -0.2) is 0 Å². The van der Waals surface area contributed by atoms with Crippen LogP contribution in [-0.4, -0.2) is 23.5 Å². The largest absolute Gasteiger partial charge is 0.399 e. The van der Waals surface area contributed by atoms with Gasteiger partial charge in [0, 0.05) is 17.9 Å². The fourth-order valence-corrected chi connectivity index (χ4v) is 3.79. The Bertz CT molecular complexity index is 455. The first-order valence-electron chi connectivity index (χ1n) is 6.07. The molecule has 3 nitrogen and oxygen atoms in total. The van der Waals surface area contributed by atoms with E-state index in [1.807, 2.05) is 23.1 Å². The molecule has 1 fully saturated rings. The van der Waals surface area contributed by atoms with Crippen LogP contribution in [0.3, 0.4) is 0 Å². The minimum atomic E-state index is 0.169. The molecular weight excluding hydrogens is 232 g/mol. The van der Waals surface area contributed by atoms with E-state index in [0.29, 0.717) is 0 Å². The molecule has 0 bridgehead atoms. The minimum Gasteiger partial charge on any atom is -0.399 e. The highest BCUT2D eigenvalue weighted by Gasteiger charge is 2.32. The zero-order valence-corrected chi connectivity index (χ0v) is 10.5. The summed E-state index contributed by atoms with van der Waals surface area (Å²) in [7, 11) is 0. The Hall–Kier alpha value is -1.16. The van der Waals surface area contributed by atoms with Gasteiger partial charge in [-0.1, -0.05) is 6.07 Å². The topological polar surface area (TPSA) is 46.3 Å². The maximum Gasteiger partial charge on any atom is 0.240 e. The Morgan fingerprint density at radius 3 is 3.12 bits per heavy atom. The lowest BCUT2D eigenvalue weighted by Crippen LogP contribution is -2.35. The summed E-state index contributed by atoms with van der Waals surface area (Å²) in [5, 5.41) is 0.169. The molecule has 2 heterocycles. The smallest absolute Gasteiger partial charge is 0.240 e. The molecule has 2 aliphatic heterocycles. The van der Waals surface area contributed by atoms with Crippen molar-refractivity contribution in [2.45, 2.75) is 24.5 Å². The normalized spacial score (nSPS) is 22.8. The molecule has 4 heteroatoms. The number of carbonyl (C=O) groups is 1. The number of nitrogen functional groups attached to an aromatic ring is 1. The van der Waals surface area contributed by atoms with E-state index in [2.05, 4.69) is 0 Å². The van der Waals surface area contributed by atoms with Crippen LogP contribution in [0.5, 0.6) is 0 Å². The van der Waals surface area contributed by atoms with E-state index >= 15 is 0 Å². The Kier molecular flexibility index (Phi) is 2.74. The Balaban J connectivity index is 1.87. The van der Waals surface area contributed by atoms with Gasteiger partial charge in [-0.15, -0.1) is 11.8 Å². The van der Waals surface area contributed by atoms with Crippen molar-refractivity contribution in [1.29, 1.82) is 0 Å². The molecule has 1 aromatic rings. The quantitative estimate of drug-likeness (QED) is 0.774. The van der Waals surface area contributed by atoms with Gasteiger partial charge in [0.2, 0.25) is 5.91 Å². The molecule has 90 valence electrons. The van der Waals surface area contributed by atoms with E-state index in [0.717, 1.165) is 36.5 Å². The molecular formula is C13H16N2OS. The lowest BCUT2D eigenvalue weighted by molar-refractivity contribution is -0.118. The van der Waals surface area contributed by atoms with Gasteiger partial charge < -0.3 is 10.6 Å². The highest BCUT2D eigenvalue weighted by atomic mass is 32.2. The van der Waals surface area contributed by atoms with Crippen molar-refractivity contribution in [3.05, 3.63) is 23.8 Å². The molecule has 2 aliphatic rings. The SMILES string of the molecule is Nc1ccc2c(c1)N(C(=O)C1CCCS1)CC2. The minimum absolute atomic E-state index is 0.169. The van der Waals surface area contributed by atoms with Crippen LogP contribution in [0.4, 0.5) is 11.4 Å². The fourth-order valence-electron chi connectivity index (χ4n) is 2.57. The molecule has 0 aliphatic carbocycles. The molecule has 1 atom stereocenters. The van der Waals surface area contributed by atoms with Gasteiger partial charge in [-0.3, -0.25) is 4.79 Å². The van der Waals surface area contributed by atoms with Crippen molar-refractivity contribution in [2.24, 2.45) is 0 Å². The molecule has 3 rings (SSSR count). The second-order valence-electron chi connectivity index (χ2n) is 4.63. The third-order valence-corrected chi connectivity index (χ3v) is 4.84. The van der Waals surface area contributed by atoms with Gasteiger partial charge in [-0.2, -0.15) is 0 Å². The standard InChI is InChI=1S/C13H16N2OS/c14-10-4-3-9-5-6-15(11(9)8-10)13(16)12-2-1-7-17-12/h3-4,8,12H,1-2,5-7,14H2. The van der Waals surface area contributed by atoms with Crippen LogP contribution in [0.1, 0.15) is 18.4 Å². The Labute approximate surface area is 105 Å². The zero-order valence-electron chi connectivity index (χ0n) is 9.69. The number of benzene rings is 1. The first kappa shape index (κ1) is 11.0. The van der Waals surface area contributed by atoms with Gasteiger partial charge in [0.05, 0.1) is 5.25 Å². The number of anilines is 2. The van der Waals surface area contributed by atoms with Gasteiger partial charge in [-0.05, 0) is 42.7 Å². The summed E-state index contributed by atoms with van der Waals surface area (Å²) in [4.78, 5) is 14.3. The number of hydrogen-bond donors (Lipinski definition) is 1. The number of rotatable bonds is 1. The van der Waals surface area contributed by atoms with Crippen LogP contribution >= 0.6 is 11.8 Å². The van der Waals surface area contributed by atoms with Crippen molar-refractivity contribution >= 4 is 29.0 Å². The number of carbonyl (C=O) groups excluding carboxylic acids is 1. The monoisotopic (exact) mass is 248 g/mol. The average molecular weight is 248 g/mol. The zero-order chi connectivity index (χ0) is 11.8. The number of amides is 1. The number of nitrogens with two attached hydrogens (primary N) is 1. The first-order valence-corrected chi connectivity index (χ1v) is 7.12. The summed E-state index contributed by atoms with van der Waals surface area (Å²) in [6.45, 7) is 0.814. The summed E-state index contributed by atoms with van der Waals surface area (Å²) in [5.74, 6) is 1.39. The van der Waals surface area contributed by atoms with Gasteiger partial charge in [0.1, 0.15) is 0 Å². The summed E-state index contributed by atoms with van der Waals surface area (Å²) in [5.41, 5.74) is 8.82. The molecule has 0 aromatic heterocycles. The summed E-state index contributed by atoms with van der Waals surface area (Å²) in [6.07, 6.45) is 3.15. The van der Waals surface area contributed by atoms with Crippen LogP contribution in [-0.2, 0) is 11.2 Å². The van der Waals surface area contributed by atoms with E-state index in [1.54, 1.807) is 11.8 Å². The third-order valence-electron chi connectivity index (χ3n) is 3.48. The second-order valence-corrected chi connectivity index (χ2v) is 5.94. The van der Waals surface area contributed by atoms with E-state index in [9.17, 15) is 4.79 Å². The van der Waals surface area contributed by atoms with Crippen molar-refractivity contribution in [2.75, 3.05) is 22.9 Å². The molecule has 1 saturated heterocycles. The molecule has 0 spiro atoms. The number of thioether (sulfide) groups is 1. The van der Waals surface area contributed by atoms with Crippen LogP contribution in [0.2, 0.25) is 0 Å². The third kappa shape index (κ3) is 1.90. The van der Waals surface area contributed by atoms with Gasteiger partial charge >= 0.3 is 0 Å². The highest BCUT2D eigenvalue weighted by Crippen LogP contribution is 2.34. The Morgan fingerprint density at radius 2 is 2.35 bits per heavy atom. The maximum atomic E-state index is 12.4. The summed E-state index contributed by atoms with van der Waals surface area (Å²) < 4.78 is 0. The van der Waals surface area contributed by atoms with Crippen molar-refractivity contribution in [3.8, 4) is 0 Å². The molecule has 0 radical (unpaired) electrons.